The van der Waals surface area contributed by atoms with Crippen LogP contribution in [0.25, 0.3) is 0 Å². The second-order valence-electron chi connectivity index (χ2n) is 4.46. The highest BCUT2D eigenvalue weighted by atomic mass is 16.4. The van der Waals surface area contributed by atoms with E-state index in [0.717, 1.165) is 0 Å². The van der Waals surface area contributed by atoms with Crippen molar-refractivity contribution in [3.63, 3.8) is 0 Å². The normalized spacial score (nSPS) is 24.7. The molecule has 5 nitrogen and oxygen atoms in total. The molecule has 1 saturated heterocycles. The highest BCUT2D eigenvalue weighted by Crippen LogP contribution is 2.24. The van der Waals surface area contributed by atoms with Crippen LogP contribution in [0.1, 0.15) is 23.7 Å². The Bertz CT molecular complexity index is 422. The van der Waals surface area contributed by atoms with Crippen LogP contribution >= 0.6 is 0 Å². The fourth-order valence-electron chi connectivity index (χ4n) is 2.14. The topological polar surface area (TPSA) is 73.7 Å². The highest BCUT2D eigenvalue weighted by Gasteiger charge is 2.27. The molecule has 0 aromatic carbocycles. The van der Waals surface area contributed by atoms with Crippen LogP contribution in [0.4, 0.5) is 5.82 Å². The summed E-state index contributed by atoms with van der Waals surface area (Å²) in [6.07, 6.45) is 1.94. The van der Waals surface area contributed by atoms with Gasteiger partial charge in [0.1, 0.15) is 11.4 Å². The zero-order valence-electron chi connectivity index (χ0n) is 9.71. The Balaban J connectivity index is 2.25. The lowest BCUT2D eigenvalue weighted by atomic mass is 9.96. The number of hydrogen-bond donors (Lipinski definition) is 2. The van der Waals surface area contributed by atoms with E-state index < -0.39 is 5.97 Å². The van der Waals surface area contributed by atoms with Crippen molar-refractivity contribution < 1.29 is 15.0 Å². The third-order valence-corrected chi connectivity index (χ3v) is 3.18. The first kappa shape index (κ1) is 11.9. The first-order valence-corrected chi connectivity index (χ1v) is 5.71. The zero-order chi connectivity index (χ0) is 12.4. The van der Waals surface area contributed by atoms with Crippen LogP contribution in [0.15, 0.2) is 18.3 Å². The second kappa shape index (κ2) is 4.71. The average Bonchev–Trinajstić information content (AvgIpc) is 2.32. The maximum Gasteiger partial charge on any atom is 0.339 e. The Hall–Kier alpha value is -1.62. The van der Waals surface area contributed by atoms with Crippen molar-refractivity contribution in [2.24, 2.45) is 5.92 Å². The van der Waals surface area contributed by atoms with E-state index in [1.54, 1.807) is 18.3 Å². The third-order valence-electron chi connectivity index (χ3n) is 3.18. The van der Waals surface area contributed by atoms with Crippen molar-refractivity contribution in [1.82, 2.24) is 4.98 Å². The van der Waals surface area contributed by atoms with Gasteiger partial charge >= 0.3 is 5.97 Å². The van der Waals surface area contributed by atoms with Gasteiger partial charge in [-0.2, -0.15) is 0 Å². The molecule has 92 valence electrons. The first-order valence-electron chi connectivity index (χ1n) is 5.71. The first-order chi connectivity index (χ1) is 8.09. The molecule has 5 heteroatoms. The Morgan fingerprint density at radius 1 is 1.59 bits per heavy atom. The van der Waals surface area contributed by atoms with Crippen LogP contribution in [-0.4, -0.2) is 40.4 Å². The lowest BCUT2D eigenvalue weighted by Gasteiger charge is -2.35. The van der Waals surface area contributed by atoms with Gasteiger partial charge in [0.05, 0.1) is 6.10 Å². The average molecular weight is 236 g/mol. The summed E-state index contributed by atoms with van der Waals surface area (Å²) in [5.74, 6) is -0.335. The monoisotopic (exact) mass is 236 g/mol. The minimum absolute atomic E-state index is 0.132. The molecule has 1 aliphatic rings. The van der Waals surface area contributed by atoms with Gasteiger partial charge in [-0.15, -0.1) is 0 Å². The molecule has 0 unspecified atom stereocenters. The van der Waals surface area contributed by atoms with E-state index in [9.17, 15) is 9.90 Å². The van der Waals surface area contributed by atoms with Crippen molar-refractivity contribution in [3.05, 3.63) is 23.9 Å². The van der Waals surface area contributed by atoms with Gasteiger partial charge in [-0.05, 0) is 24.5 Å². The third kappa shape index (κ3) is 2.39. The molecular formula is C12H16N2O3. The number of carboxylic acid groups (broad SMARTS) is 1. The fraction of sp³-hybridized carbons (Fsp3) is 0.500. The van der Waals surface area contributed by atoms with Gasteiger partial charge in [-0.25, -0.2) is 9.78 Å². The maximum atomic E-state index is 11.1. The minimum atomic E-state index is -0.966. The molecule has 0 amide bonds. The summed E-state index contributed by atoms with van der Waals surface area (Å²) in [4.78, 5) is 17.2. The Morgan fingerprint density at radius 3 is 3.00 bits per heavy atom. The molecule has 0 bridgehead atoms. The zero-order valence-corrected chi connectivity index (χ0v) is 9.71. The number of piperidine rings is 1. The van der Waals surface area contributed by atoms with Crippen molar-refractivity contribution in [1.29, 1.82) is 0 Å². The number of pyridine rings is 1. The SMILES string of the molecule is C[C@@H]1CN(c2ncccc2C(=O)O)CC[C@@H]1O. The van der Waals surface area contributed by atoms with E-state index in [1.807, 2.05) is 11.8 Å². The van der Waals surface area contributed by atoms with Crippen molar-refractivity contribution >= 4 is 11.8 Å². The van der Waals surface area contributed by atoms with Crippen LogP contribution in [0, 0.1) is 5.92 Å². The number of aromatic nitrogens is 1. The van der Waals surface area contributed by atoms with Crippen molar-refractivity contribution in [2.45, 2.75) is 19.4 Å². The molecule has 0 spiro atoms. The van der Waals surface area contributed by atoms with E-state index >= 15 is 0 Å². The summed E-state index contributed by atoms with van der Waals surface area (Å²) in [6, 6.07) is 3.18. The summed E-state index contributed by atoms with van der Waals surface area (Å²) in [6.45, 7) is 3.24. The lowest BCUT2D eigenvalue weighted by Crippen LogP contribution is -2.42. The standard InChI is InChI=1S/C12H16N2O3/c1-8-7-14(6-4-10(8)15)11-9(12(16)17)3-2-5-13-11/h2-3,5,8,10,15H,4,6-7H2,1H3,(H,16,17)/t8-,10+/m1/s1. The predicted octanol–water partition coefficient (Wildman–Crippen LogP) is 0.987. The second-order valence-corrected chi connectivity index (χ2v) is 4.46. The molecule has 2 N–H and O–H groups in total. The number of aliphatic hydroxyl groups excluding tert-OH is 1. The van der Waals surface area contributed by atoms with Gasteiger partial charge in [0.25, 0.3) is 0 Å². The number of anilines is 1. The molecule has 1 aromatic rings. The fourth-order valence-corrected chi connectivity index (χ4v) is 2.14. The van der Waals surface area contributed by atoms with E-state index in [-0.39, 0.29) is 17.6 Å². The number of aliphatic hydroxyl groups is 1. The van der Waals surface area contributed by atoms with E-state index in [1.165, 1.54) is 0 Å². The number of aromatic carboxylic acids is 1. The van der Waals surface area contributed by atoms with Gasteiger partial charge in [0.2, 0.25) is 0 Å². The van der Waals surface area contributed by atoms with Crippen molar-refractivity contribution in [3.8, 4) is 0 Å². The summed E-state index contributed by atoms with van der Waals surface area (Å²) in [7, 11) is 0. The summed E-state index contributed by atoms with van der Waals surface area (Å²) in [5.41, 5.74) is 0.219. The Labute approximate surface area is 99.7 Å². The number of carbonyl (C=O) groups is 1. The largest absolute Gasteiger partial charge is 0.478 e. The number of rotatable bonds is 2. The van der Waals surface area contributed by atoms with Crippen LogP contribution in [0.5, 0.6) is 0 Å². The summed E-state index contributed by atoms with van der Waals surface area (Å²) < 4.78 is 0. The Kier molecular flexibility index (Phi) is 3.28. The molecule has 1 fully saturated rings. The van der Waals surface area contributed by atoms with Gasteiger partial charge < -0.3 is 15.1 Å². The van der Waals surface area contributed by atoms with Gasteiger partial charge in [0, 0.05) is 19.3 Å². The van der Waals surface area contributed by atoms with E-state index in [4.69, 9.17) is 5.11 Å². The summed E-state index contributed by atoms with van der Waals surface area (Å²) in [5, 5.41) is 18.8. The summed E-state index contributed by atoms with van der Waals surface area (Å²) >= 11 is 0. The highest BCUT2D eigenvalue weighted by molar-refractivity contribution is 5.93. The van der Waals surface area contributed by atoms with Crippen molar-refractivity contribution in [2.75, 3.05) is 18.0 Å². The van der Waals surface area contributed by atoms with Gasteiger partial charge in [-0.3, -0.25) is 0 Å². The van der Waals surface area contributed by atoms with Gasteiger partial charge in [0.15, 0.2) is 0 Å². The molecule has 1 aromatic heterocycles. The molecular weight excluding hydrogens is 220 g/mol. The van der Waals surface area contributed by atoms with E-state index in [0.29, 0.717) is 25.3 Å². The van der Waals surface area contributed by atoms with Crippen LogP contribution in [-0.2, 0) is 0 Å². The number of carboxylic acids is 1. The number of hydrogen-bond acceptors (Lipinski definition) is 4. The quantitative estimate of drug-likeness (QED) is 0.801. The molecule has 0 saturated carbocycles. The maximum absolute atomic E-state index is 11.1. The molecule has 0 aliphatic carbocycles. The van der Waals surface area contributed by atoms with E-state index in [2.05, 4.69) is 4.98 Å². The number of nitrogens with zero attached hydrogens (tertiary/aromatic N) is 2. The predicted molar refractivity (Wildman–Crippen MR) is 63.2 cm³/mol. The van der Waals surface area contributed by atoms with Crippen LogP contribution in [0.3, 0.4) is 0 Å². The molecule has 17 heavy (non-hydrogen) atoms. The molecule has 2 heterocycles. The Morgan fingerprint density at radius 2 is 2.35 bits per heavy atom. The van der Waals surface area contributed by atoms with Crippen LogP contribution in [0.2, 0.25) is 0 Å². The minimum Gasteiger partial charge on any atom is -0.478 e. The molecule has 2 rings (SSSR count). The van der Waals surface area contributed by atoms with Crippen LogP contribution < -0.4 is 4.90 Å². The molecule has 2 atom stereocenters. The molecule has 1 aliphatic heterocycles. The lowest BCUT2D eigenvalue weighted by molar-refractivity contribution is 0.0696. The van der Waals surface area contributed by atoms with Gasteiger partial charge in [-0.1, -0.05) is 6.92 Å². The molecule has 0 radical (unpaired) electrons. The smallest absolute Gasteiger partial charge is 0.339 e.